The van der Waals surface area contributed by atoms with Gasteiger partial charge in [0.2, 0.25) is 0 Å². The summed E-state index contributed by atoms with van der Waals surface area (Å²) < 4.78 is 0. The van der Waals surface area contributed by atoms with Gasteiger partial charge in [-0.3, -0.25) is 0 Å². The maximum atomic E-state index is 8.86. The second-order valence-corrected chi connectivity index (χ2v) is 4.41. The van der Waals surface area contributed by atoms with Gasteiger partial charge in [0.15, 0.2) is 0 Å². The molecule has 0 aliphatic carbocycles. The van der Waals surface area contributed by atoms with Crippen molar-refractivity contribution in [2.45, 2.75) is 26.2 Å². The van der Waals surface area contributed by atoms with Crippen molar-refractivity contribution >= 4 is 6.08 Å². The second-order valence-electron chi connectivity index (χ2n) is 4.41. The third kappa shape index (κ3) is 2.23. The Morgan fingerprint density at radius 2 is 1.93 bits per heavy atom. The predicted molar refractivity (Wildman–Crippen MR) is 59.9 cm³/mol. The molecule has 1 aromatic carbocycles. The first-order chi connectivity index (χ1) is 6.47. The fraction of sp³-hybridized carbons (Fsp3) is 0.308. The van der Waals surface area contributed by atoms with Crippen LogP contribution in [0.2, 0.25) is 0 Å². The van der Waals surface area contributed by atoms with Gasteiger partial charge in [0, 0.05) is 0 Å². The standard InChI is InChI=1S/C13H15N/c1-5-10-6-11(9-14)8-12(7-10)13(2,3)4/h5-8H,1H2,2-4H3. The van der Waals surface area contributed by atoms with Gasteiger partial charge in [-0.2, -0.15) is 5.26 Å². The third-order valence-electron chi connectivity index (χ3n) is 2.19. The molecule has 0 unspecified atom stereocenters. The number of nitriles is 1. The van der Waals surface area contributed by atoms with Crippen LogP contribution in [0.5, 0.6) is 0 Å². The van der Waals surface area contributed by atoms with E-state index in [-0.39, 0.29) is 5.41 Å². The Morgan fingerprint density at radius 3 is 2.36 bits per heavy atom. The van der Waals surface area contributed by atoms with E-state index in [4.69, 9.17) is 5.26 Å². The molecule has 0 saturated carbocycles. The summed E-state index contributed by atoms with van der Waals surface area (Å²) >= 11 is 0. The van der Waals surface area contributed by atoms with Crippen LogP contribution in [-0.4, -0.2) is 0 Å². The molecule has 0 fully saturated rings. The number of rotatable bonds is 1. The van der Waals surface area contributed by atoms with Crippen LogP contribution in [0.15, 0.2) is 24.8 Å². The minimum atomic E-state index is 0.0740. The molecule has 1 rings (SSSR count). The van der Waals surface area contributed by atoms with Crippen LogP contribution >= 0.6 is 0 Å². The van der Waals surface area contributed by atoms with Gasteiger partial charge in [0.25, 0.3) is 0 Å². The van der Waals surface area contributed by atoms with E-state index in [1.807, 2.05) is 12.1 Å². The monoisotopic (exact) mass is 185 g/mol. The fourth-order valence-corrected chi connectivity index (χ4v) is 1.27. The summed E-state index contributed by atoms with van der Waals surface area (Å²) in [6.07, 6.45) is 1.77. The summed E-state index contributed by atoms with van der Waals surface area (Å²) in [5, 5.41) is 8.86. The van der Waals surface area contributed by atoms with Crippen molar-refractivity contribution in [1.29, 1.82) is 5.26 Å². The summed E-state index contributed by atoms with van der Waals surface area (Å²) in [5.41, 5.74) is 2.96. The topological polar surface area (TPSA) is 23.8 Å². The van der Waals surface area contributed by atoms with Crippen molar-refractivity contribution in [3.05, 3.63) is 41.5 Å². The Labute approximate surface area is 85.7 Å². The Kier molecular flexibility index (Phi) is 2.76. The highest BCUT2D eigenvalue weighted by molar-refractivity contribution is 5.53. The zero-order valence-electron chi connectivity index (χ0n) is 8.96. The predicted octanol–water partition coefficient (Wildman–Crippen LogP) is 3.50. The quantitative estimate of drug-likeness (QED) is 0.657. The number of hydrogen-bond donors (Lipinski definition) is 0. The smallest absolute Gasteiger partial charge is 0.0991 e. The van der Waals surface area contributed by atoms with Crippen molar-refractivity contribution in [2.75, 3.05) is 0 Å². The molecular weight excluding hydrogens is 170 g/mol. The molecule has 0 aliphatic rings. The van der Waals surface area contributed by atoms with Gasteiger partial charge < -0.3 is 0 Å². The summed E-state index contributed by atoms with van der Waals surface area (Å²) in [6.45, 7) is 10.1. The highest BCUT2D eigenvalue weighted by Gasteiger charge is 2.14. The van der Waals surface area contributed by atoms with Crippen molar-refractivity contribution < 1.29 is 0 Å². The Morgan fingerprint density at radius 1 is 1.29 bits per heavy atom. The van der Waals surface area contributed by atoms with E-state index in [0.717, 1.165) is 5.56 Å². The molecule has 0 saturated heterocycles. The molecule has 72 valence electrons. The van der Waals surface area contributed by atoms with Crippen molar-refractivity contribution in [1.82, 2.24) is 0 Å². The molecule has 0 aliphatic heterocycles. The first kappa shape index (κ1) is 10.5. The lowest BCUT2D eigenvalue weighted by Gasteiger charge is -2.19. The maximum Gasteiger partial charge on any atom is 0.0991 e. The van der Waals surface area contributed by atoms with Gasteiger partial charge in [0.05, 0.1) is 11.6 Å². The Hall–Kier alpha value is -1.55. The van der Waals surface area contributed by atoms with E-state index < -0.39 is 0 Å². The average Bonchev–Trinajstić information content (AvgIpc) is 2.15. The van der Waals surface area contributed by atoms with Crippen LogP contribution in [0.25, 0.3) is 6.08 Å². The summed E-state index contributed by atoms with van der Waals surface area (Å²) in [6, 6.07) is 8.03. The molecule has 0 amide bonds. The van der Waals surface area contributed by atoms with Gasteiger partial charge in [-0.25, -0.2) is 0 Å². The minimum Gasteiger partial charge on any atom is -0.192 e. The number of benzene rings is 1. The van der Waals surface area contributed by atoms with Gasteiger partial charge in [0.1, 0.15) is 0 Å². The zero-order chi connectivity index (χ0) is 10.8. The second kappa shape index (κ2) is 3.67. The normalized spacial score (nSPS) is 10.7. The fourth-order valence-electron chi connectivity index (χ4n) is 1.27. The highest BCUT2D eigenvalue weighted by atomic mass is 14.2. The molecule has 0 radical (unpaired) electrons. The molecule has 0 heterocycles. The largest absolute Gasteiger partial charge is 0.192 e. The lowest BCUT2D eigenvalue weighted by Crippen LogP contribution is -2.11. The van der Waals surface area contributed by atoms with E-state index >= 15 is 0 Å². The van der Waals surface area contributed by atoms with E-state index in [1.165, 1.54) is 5.56 Å². The Balaban J connectivity index is 3.33. The van der Waals surface area contributed by atoms with Crippen molar-refractivity contribution in [2.24, 2.45) is 0 Å². The number of hydrogen-bond acceptors (Lipinski definition) is 1. The lowest BCUT2D eigenvalue weighted by molar-refractivity contribution is 0.590. The molecule has 14 heavy (non-hydrogen) atoms. The van der Waals surface area contributed by atoms with E-state index in [9.17, 15) is 0 Å². The summed E-state index contributed by atoms with van der Waals surface area (Å²) in [4.78, 5) is 0. The van der Waals surface area contributed by atoms with Gasteiger partial charge in [-0.1, -0.05) is 39.5 Å². The van der Waals surface area contributed by atoms with Gasteiger partial charge in [-0.15, -0.1) is 0 Å². The van der Waals surface area contributed by atoms with E-state index in [2.05, 4.69) is 39.5 Å². The molecule has 0 spiro atoms. The zero-order valence-corrected chi connectivity index (χ0v) is 8.96. The molecule has 0 bridgehead atoms. The van der Waals surface area contributed by atoms with E-state index in [1.54, 1.807) is 6.08 Å². The van der Waals surface area contributed by atoms with Gasteiger partial charge in [-0.05, 0) is 28.7 Å². The molecule has 0 N–H and O–H groups in total. The van der Waals surface area contributed by atoms with Crippen LogP contribution < -0.4 is 0 Å². The van der Waals surface area contributed by atoms with E-state index in [0.29, 0.717) is 5.56 Å². The number of nitrogens with zero attached hydrogens (tertiary/aromatic N) is 1. The molecular formula is C13H15N. The van der Waals surface area contributed by atoms with Crippen LogP contribution in [0.1, 0.15) is 37.5 Å². The maximum absolute atomic E-state index is 8.86. The summed E-state index contributed by atoms with van der Waals surface area (Å²) in [7, 11) is 0. The van der Waals surface area contributed by atoms with Gasteiger partial charge >= 0.3 is 0 Å². The average molecular weight is 185 g/mol. The Bertz CT molecular complexity index is 389. The first-order valence-electron chi connectivity index (χ1n) is 4.65. The highest BCUT2D eigenvalue weighted by Crippen LogP contribution is 2.24. The lowest BCUT2D eigenvalue weighted by atomic mass is 9.85. The molecule has 0 atom stereocenters. The van der Waals surface area contributed by atoms with Crippen LogP contribution in [0.4, 0.5) is 0 Å². The van der Waals surface area contributed by atoms with Crippen molar-refractivity contribution in [3.63, 3.8) is 0 Å². The molecule has 0 aromatic heterocycles. The molecule has 1 aromatic rings. The third-order valence-corrected chi connectivity index (χ3v) is 2.19. The molecule has 1 nitrogen and oxygen atoms in total. The summed E-state index contributed by atoms with van der Waals surface area (Å²) in [5.74, 6) is 0. The SMILES string of the molecule is C=Cc1cc(C#N)cc(C(C)(C)C)c1. The van der Waals surface area contributed by atoms with Crippen LogP contribution in [0, 0.1) is 11.3 Å². The van der Waals surface area contributed by atoms with Crippen molar-refractivity contribution in [3.8, 4) is 6.07 Å². The first-order valence-corrected chi connectivity index (χ1v) is 4.65. The van der Waals surface area contributed by atoms with Crippen LogP contribution in [0.3, 0.4) is 0 Å². The minimum absolute atomic E-state index is 0.0740. The molecule has 1 heteroatoms. The van der Waals surface area contributed by atoms with Crippen LogP contribution in [-0.2, 0) is 5.41 Å².